The summed E-state index contributed by atoms with van der Waals surface area (Å²) in [4.78, 5) is 16.6. The number of carbonyl (C=O) groups is 1. The van der Waals surface area contributed by atoms with Gasteiger partial charge in [0.1, 0.15) is 0 Å². The second-order valence-corrected chi connectivity index (χ2v) is 5.27. The van der Waals surface area contributed by atoms with Gasteiger partial charge in [0.15, 0.2) is 6.61 Å². The van der Waals surface area contributed by atoms with E-state index in [0.717, 1.165) is 11.1 Å². The van der Waals surface area contributed by atoms with Crippen molar-refractivity contribution in [1.82, 2.24) is 5.32 Å². The molecule has 0 spiro atoms. The fourth-order valence-corrected chi connectivity index (χ4v) is 2.12. The molecule has 22 heavy (non-hydrogen) atoms. The van der Waals surface area contributed by atoms with Crippen molar-refractivity contribution in [1.29, 1.82) is 0 Å². The first kappa shape index (κ1) is 16.3. The fourth-order valence-electron chi connectivity index (χ4n) is 1.64. The van der Waals surface area contributed by atoms with Gasteiger partial charge >= 0.3 is 0 Å². The predicted molar refractivity (Wildman–Crippen MR) is 88.3 cm³/mol. The number of rotatable bonds is 6. The molecule has 114 valence electrons. The minimum absolute atomic E-state index is 0.158. The summed E-state index contributed by atoms with van der Waals surface area (Å²) >= 11 is 11.8. The van der Waals surface area contributed by atoms with Gasteiger partial charge in [0.2, 0.25) is 0 Å². The predicted octanol–water partition coefficient (Wildman–Crippen LogP) is 3.66. The third-order valence-corrected chi connectivity index (χ3v) is 3.35. The number of hydrogen-bond acceptors (Lipinski definition) is 3. The lowest BCUT2D eigenvalue weighted by atomic mass is 10.2. The van der Waals surface area contributed by atoms with Gasteiger partial charge in [-0.3, -0.25) is 4.79 Å². The Bertz CT molecular complexity index is 660. The number of nitrogens with zero attached hydrogens (tertiary/aromatic N) is 1. The molecule has 0 aliphatic rings. The van der Waals surface area contributed by atoms with Gasteiger partial charge in [-0.1, -0.05) is 64.8 Å². The monoisotopic (exact) mass is 336 g/mol. The van der Waals surface area contributed by atoms with E-state index in [-0.39, 0.29) is 12.5 Å². The first-order chi connectivity index (χ1) is 10.6. The lowest BCUT2D eigenvalue weighted by molar-refractivity contribution is -0.125. The molecule has 0 saturated heterocycles. The molecule has 6 heteroatoms. The molecule has 0 radical (unpaired) electrons. The molecule has 0 heterocycles. The number of benzene rings is 2. The largest absolute Gasteiger partial charge is 0.386 e. The van der Waals surface area contributed by atoms with Crippen LogP contribution in [-0.4, -0.2) is 18.7 Å². The molecule has 0 aliphatic heterocycles. The van der Waals surface area contributed by atoms with Crippen LogP contribution in [0.25, 0.3) is 0 Å². The average Bonchev–Trinajstić information content (AvgIpc) is 2.52. The maximum atomic E-state index is 11.6. The summed E-state index contributed by atoms with van der Waals surface area (Å²) in [6.07, 6.45) is 1.54. The van der Waals surface area contributed by atoms with Gasteiger partial charge in [0.05, 0.1) is 6.21 Å². The standard InChI is InChI=1S/C16H14Cl2N2O2/c17-14-7-6-13(15(18)8-14)10-19-16(21)11-22-20-9-12-4-2-1-3-5-12/h1-9H,10-11H2,(H,19,21)/b20-9-. The first-order valence-corrected chi connectivity index (χ1v) is 7.32. The summed E-state index contributed by atoms with van der Waals surface area (Å²) in [5.41, 5.74) is 1.68. The van der Waals surface area contributed by atoms with Crippen LogP contribution in [0.2, 0.25) is 10.0 Å². The molecule has 1 amide bonds. The van der Waals surface area contributed by atoms with Crippen LogP contribution in [0.5, 0.6) is 0 Å². The Morgan fingerprint density at radius 2 is 1.95 bits per heavy atom. The van der Waals surface area contributed by atoms with E-state index in [9.17, 15) is 4.79 Å². The smallest absolute Gasteiger partial charge is 0.261 e. The summed E-state index contributed by atoms with van der Waals surface area (Å²) in [5, 5.41) is 7.49. The maximum Gasteiger partial charge on any atom is 0.261 e. The van der Waals surface area contributed by atoms with E-state index in [2.05, 4.69) is 10.5 Å². The van der Waals surface area contributed by atoms with E-state index >= 15 is 0 Å². The molecule has 0 fully saturated rings. The highest BCUT2D eigenvalue weighted by Crippen LogP contribution is 2.20. The van der Waals surface area contributed by atoms with Gasteiger partial charge in [-0.25, -0.2) is 0 Å². The average molecular weight is 337 g/mol. The van der Waals surface area contributed by atoms with Crippen molar-refractivity contribution in [3.05, 3.63) is 69.7 Å². The van der Waals surface area contributed by atoms with Crippen LogP contribution in [0.1, 0.15) is 11.1 Å². The topological polar surface area (TPSA) is 50.7 Å². The van der Waals surface area contributed by atoms with Crippen LogP contribution in [0, 0.1) is 0 Å². The molecule has 4 nitrogen and oxygen atoms in total. The Hall–Kier alpha value is -2.04. The van der Waals surface area contributed by atoms with Crippen molar-refractivity contribution in [3.63, 3.8) is 0 Å². The van der Waals surface area contributed by atoms with Crippen molar-refractivity contribution < 1.29 is 9.63 Å². The molecule has 2 rings (SSSR count). The van der Waals surface area contributed by atoms with Crippen LogP contribution < -0.4 is 5.32 Å². The molecule has 0 atom stereocenters. The van der Waals surface area contributed by atoms with E-state index in [0.29, 0.717) is 16.6 Å². The maximum absolute atomic E-state index is 11.6. The molecule has 2 aromatic carbocycles. The summed E-state index contributed by atoms with van der Waals surface area (Å²) in [5.74, 6) is -0.281. The van der Waals surface area contributed by atoms with Gasteiger partial charge in [0.25, 0.3) is 5.91 Å². The normalized spacial score (nSPS) is 10.6. The second kappa shape index (κ2) is 8.41. The van der Waals surface area contributed by atoms with Gasteiger partial charge < -0.3 is 10.2 Å². The Kier molecular flexibility index (Phi) is 6.25. The SMILES string of the molecule is O=C(CO/N=C\c1ccccc1)NCc1ccc(Cl)cc1Cl. The number of hydrogen-bond donors (Lipinski definition) is 1. The number of nitrogens with one attached hydrogen (secondary N) is 1. The zero-order valence-electron chi connectivity index (χ0n) is 11.6. The van der Waals surface area contributed by atoms with Crippen molar-refractivity contribution in [3.8, 4) is 0 Å². The molecule has 0 bridgehead atoms. The van der Waals surface area contributed by atoms with Gasteiger partial charge in [0, 0.05) is 16.6 Å². The Morgan fingerprint density at radius 3 is 2.68 bits per heavy atom. The second-order valence-electron chi connectivity index (χ2n) is 4.43. The summed E-state index contributed by atoms with van der Waals surface area (Å²) in [6, 6.07) is 14.6. The quantitative estimate of drug-likeness (QED) is 0.646. The van der Waals surface area contributed by atoms with E-state index in [1.54, 1.807) is 24.4 Å². The van der Waals surface area contributed by atoms with Crippen molar-refractivity contribution in [2.75, 3.05) is 6.61 Å². The molecule has 0 saturated carbocycles. The van der Waals surface area contributed by atoms with Gasteiger partial charge in [-0.15, -0.1) is 0 Å². The number of oxime groups is 1. The Balaban J connectivity index is 1.73. The molecular formula is C16H14Cl2N2O2. The van der Waals surface area contributed by atoms with Gasteiger partial charge in [-0.2, -0.15) is 0 Å². The third kappa shape index (κ3) is 5.39. The lowest BCUT2D eigenvalue weighted by Gasteiger charge is -2.06. The minimum Gasteiger partial charge on any atom is -0.386 e. The highest BCUT2D eigenvalue weighted by Gasteiger charge is 2.05. The number of halogens is 2. The molecular weight excluding hydrogens is 323 g/mol. The molecule has 0 unspecified atom stereocenters. The zero-order chi connectivity index (χ0) is 15.8. The van der Waals surface area contributed by atoms with E-state index < -0.39 is 0 Å². The summed E-state index contributed by atoms with van der Waals surface area (Å²) in [6.45, 7) is 0.148. The highest BCUT2D eigenvalue weighted by molar-refractivity contribution is 6.35. The van der Waals surface area contributed by atoms with Gasteiger partial charge in [-0.05, 0) is 23.3 Å². The Labute approximate surface area is 138 Å². The zero-order valence-corrected chi connectivity index (χ0v) is 13.1. The molecule has 2 aromatic rings. The number of amides is 1. The van der Waals surface area contributed by atoms with Crippen molar-refractivity contribution in [2.45, 2.75) is 6.54 Å². The van der Waals surface area contributed by atoms with Crippen LogP contribution in [0.15, 0.2) is 53.7 Å². The van der Waals surface area contributed by atoms with Crippen molar-refractivity contribution >= 4 is 35.3 Å². The van der Waals surface area contributed by atoms with E-state index in [1.165, 1.54) is 0 Å². The lowest BCUT2D eigenvalue weighted by Crippen LogP contribution is -2.26. The van der Waals surface area contributed by atoms with Crippen LogP contribution in [-0.2, 0) is 16.2 Å². The molecule has 0 aromatic heterocycles. The van der Waals surface area contributed by atoms with Crippen LogP contribution >= 0.6 is 23.2 Å². The fraction of sp³-hybridized carbons (Fsp3) is 0.125. The van der Waals surface area contributed by atoms with Crippen LogP contribution in [0.3, 0.4) is 0 Å². The first-order valence-electron chi connectivity index (χ1n) is 6.56. The minimum atomic E-state index is -0.281. The van der Waals surface area contributed by atoms with E-state index in [4.69, 9.17) is 28.0 Å². The highest BCUT2D eigenvalue weighted by atomic mass is 35.5. The molecule has 0 aliphatic carbocycles. The number of carbonyl (C=O) groups excluding carboxylic acids is 1. The van der Waals surface area contributed by atoms with Crippen LogP contribution in [0.4, 0.5) is 0 Å². The van der Waals surface area contributed by atoms with Crippen molar-refractivity contribution in [2.24, 2.45) is 5.16 Å². The Morgan fingerprint density at radius 1 is 1.18 bits per heavy atom. The third-order valence-electron chi connectivity index (χ3n) is 2.76. The summed E-state index contributed by atoms with van der Waals surface area (Å²) < 4.78 is 0. The van der Waals surface area contributed by atoms with E-state index in [1.807, 2.05) is 30.3 Å². The summed E-state index contributed by atoms with van der Waals surface area (Å²) in [7, 11) is 0. The molecule has 1 N–H and O–H groups in total.